The normalized spacial score (nSPS) is 11.3. The SMILES string of the molecule is CCn1c(SCCCCCn2cccn2)nc2ccc(Br)cc2c1=O. The van der Waals surface area contributed by atoms with Gasteiger partial charge in [0.05, 0.1) is 10.9 Å². The lowest BCUT2D eigenvalue weighted by Gasteiger charge is -2.11. The molecule has 0 aliphatic carbocycles. The van der Waals surface area contributed by atoms with Crippen molar-refractivity contribution in [3.05, 3.63) is 51.5 Å². The Labute approximate surface area is 159 Å². The van der Waals surface area contributed by atoms with Gasteiger partial charge in [-0.3, -0.25) is 14.0 Å². The number of aromatic nitrogens is 4. The van der Waals surface area contributed by atoms with Crippen molar-refractivity contribution in [3.8, 4) is 0 Å². The van der Waals surface area contributed by atoms with Gasteiger partial charge in [-0.05, 0) is 44.0 Å². The van der Waals surface area contributed by atoms with Gasteiger partial charge in [-0.25, -0.2) is 4.98 Å². The van der Waals surface area contributed by atoms with Crippen LogP contribution in [0.25, 0.3) is 10.9 Å². The zero-order valence-electron chi connectivity index (χ0n) is 14.2. The minimum Gasteiger partial charge on any atom is -0.287 e. The van der Waals surface area contributed by atoms with Gasteiger partial charge in [0.25, 0.3) is 5.56 Å². The molecule has 7 heteroatoms. The van der Waals surface area contributed by atoms with Gasteiger partial charge >= 0.3 is 0 Å². The molecule has 132 valence electrons. The number of halogens is 1. The molecule has 0 fully saturated rings. The Morgan fingerprint density at radius 1 is 1.24 bits per heavy atom. The molecule has 0 unspecified atom stereocenters. The number of hydrogen-bond donors (Lipinski definition) is 0. The zero-order valence-corrected chi connectivity index (χ0v) is 16.6. The average molecular weight is 421 g/mol. The lowest BCUT2D eigenvalue weighted by atomic mass is 10.2. The summed E-state index contributed by atoms with van der Waals surface area (Å²) in [7, 11) is 0. The summed E-state index contributed by atoms with van der Waals surface area (Å²) >= 11 is 5.09. The molecule has 0 bridgehead atoms. The van der Waals surface area contributed by atoms with Gasteiger partial charge in [-0.2, -0.15) is 5.10 Å². The van der Waals surface area contributed by atoms with E-state index in [2.05, 4.69) is 21.0 Å². The molecule has 0 radical (unpaired) electrons. The van der Waals surface area contributed by atoms with Crippen LogP contribution < -0.4 is 5.56 Å². The van der Waals surface area contributed by atoms with Crippen LogP contribution in [-0.2, 0) is 13.1 Å². The fraction of sp³-hybridized carbons (Fsp3) is 0.389. The maximum Gasteiger partial charge on any atom is 0.262 e. The molecular weight excluding hydrogens is 400 g/mol. The van der Waals surface area contributed by atoms with Gasteiger partial charge in [-0.1, -0.05) is 34.1 Å². The van der Waals surface area contributed by atoms with Crippen LogP contribution in [0.3, 0.4) is 0 Å². The molecule has 0 amide bonds. The first-order valence-electron chi connectivity index (χ1n) is 8.49. The Bertz CT molecular complexity index is 892. The monoisotopic (exact) mass is 420 g/mol. The smallest absolute Gasteiger partial charge is 0.262 e. The van der Waals surface area contributed by atoms with Crippen molar-refractivity contribution in [2.24, 2.45) is 0 Å². The van der Waals surface area contributed by atoms with Crippen molar-refractivity contribution in [2.75, 3.05) is 5.75 Å². The number of hydrogen-bond acceptors (Lipinski definition) is 4. The number of nitrogens with zero attached hydrogens (tertiary/aromatic N) is 4. The van der Waals surface area contributed by atoms with E-state index in [1.54, 1.807) is 16.3 Å². The first kappa shape index (κ1) is 18.2. The summed E-state index contributed by atoms with van der Waals surface area (Å²) in [5, 5.41) is 5.69. The molecule has 2 aromatic heterocycles. The largest absolute Gasteiger partial charge is 0.287 e. The molecule has 0 atom stereocenters. The predicted molar refractivity (Wildman–Crippen MR) is 106 cm³/mol. The van der Waals surface area contributed by atoms with Crippen molar-refractivity contribution in [3.63, 3.8) is 0 Å². The van der Waals surface area contributed by atoms with Crippen LogP contribution in [0, 0.1) is 0 Å². The maximum atomic E-state index is 12.7. The van der Waals surface area contributed by atoms with Crippen LogP contribution in [0.2, 0.25) is 0 Å². The number of fused-ring (bicyclic) bond motifs is 1. The Kier molecular flexibility index (Phi) is 6.31. The fourth-order valence-electron chi connectivity index (χ4n) is 2.71. The first-order valence-corrected chi connectivity index (χ1v) is 10.3. The van der Waals surface area contributed by atoms with Gasteiger partial charge in [0.2, 0.25) is 0 Å². The van der Waals surface area contributed by atoms with Crippen LogP contribution in [-0.4, -0.2) is 25.1 Å². The topological polar surface area (TPSA) is 52.7 Å². The molecule has 5 nitrogen and oxygen atoms in total. The minimum atomic E-state index is 0.0370. The molecule has 3 rings (SSSR count). The second-order valence-electron chi connectivity index (χ2n) is 5.78. The van der Waals surface area contributed by atoms with E-state index in [1.807, 2.05) is 48.3 Å². The third-order valence-corrected chi connectivity index (χ3v) is 5.58. The molecule has 2 heterocycles. The second kappa shape index (κ2) is 8.67. The van der Waals surface area contributed by atoms with Gasteiger partial charge < -0.3 is 0 Å². The summed E-state index contributed by atoms with van der Waals surface area (Å²) in [5.41, 5.74) is 0.800. The van der Waals surface area contributed by atoms with Gasteiger partial charge in [-0.15, -0.1) is 0 Å². The third kappa shape index (κ3) is 4.52. The van der Waals surface area contributed by atoms with Crippen molar-refractivity contribution in [1.82, 2.24) is 19.3 Å². The van der Waals surface area contributed by atoms with Crippen molar-refractivity contribution in [1.29, 1.82) is 0 Å². The fourth-order valence-corrected chi connectivity index (χ4v) is 4.13. The van der Waals surface area contributed by atoms with Crippen LogP contribution >= 0.6 is 27.7 Å². The number of benzene rings is 1. The van der Waals surface area contributed by atoms with Crippen molar-refractivity contribution < 1.29 is 0 Å². The second-order valence-corrected chi connectivity index (χ2v) is 7.76. The summed E-state index contributed by atoms with van der Waals surface area (Å²) in [4.78, 5) is 17.4. The lowest BCUT2D eigenvalue weighted by molar-refractivity contribution is 0.554. The van der Waals surface area contributed by atoms with Gasteiger partial charge in [0.1, 0.15) is 0 Å². The number of aryl methyl sites for hydroxylation is 1. The van der Waals surface area contributed by atoms with Gasteiger partial charge in [0, 0.05) is 35.7 Å². The quantitative estimate of drug-likeness (QED) is 0.309. The summed E-state index contributed by atoms with van der Waals surface area (Å²) in [6.45, 7) is 3.58. The number of thioether (sulfide) groups is 1. The molecule has 1 aromatic carbocycles. The van der Waals surface area contributed by atoms with Crippen LogP contribution in [0.5, 0.6) is 0 Å². The summed E-state index contributed by atoms with van der Waals surface area (Å²) in [6.07, 6.45) is 7.16. The van der Waals surface area contributed by atoms with E-state index in [4.69, 9.17) is 4.98 Å². The molecular formula is C18H21BrN4OS. The van der Waals surface area contributed by atoms with Gasteiger partial charge in [0.15, 0.2) is 5.16 Å². The van der Waals surface area contributed by atoms with Crippen LogP contribution in [0.15, 0.2) is 51.1 Å². The third-order valence-electron chi connectivity index (χ3n) is 4.02. The van der Waals surface area contributed by atoms with E-state index >= 15 is 0 Å². The van der Waals surface area contributed by atoms with E-state index in [0.717, 1.165) is 46.7 Å². The first-order chi connectivity index (χ1) is 12.2. The van der Waals surface area contributed by atoms with Crippen molar-refractivity contribution >= 4 is 38.6 Å². The van der Waals surface area contributed by atoms with Crippen molar-refractivity contribution in [2.45, 2.75) is 44.4 Å². The minimum absolute atomic E-state index is 0.0370. The average Bonchev–Trinajstić information content (AvgIpc) is 3.12. The van der Waals surface area contributed by atoms with Crippen LogP contribution in [0.1, 0.15) is 26.2 Å². The summed E-state index contributed by atoms with van der Waals surface area (Å²) in [6, 6.07) is 7.62. The molecule has 0 spiro atoms. The lowest BCUT2D eigenvalue weighted by Crippen LogP contribution is -2.22. The molecule has 0 aliphatic rings. The molecule has 25 heavy (non-hydrogen) atoms. The molecule has 0 saturated heterocycles. The van der Waals surface area contributed by atoms with Crippen LogP contribution in [0.4, 0.5) is 0 Å². The summed E-state index contributed by atoms with van der Waals surface area (Å²) in [5.74, 6) is 0.966. The number of unbranched alkanes of at least 4 members (excludes halogenated alkanes) is 2. The highest BCUT2D eigenvalue weighted by atomic mass is 79.9. The predicted octanol–water partition coefficient (Wildman–Crippen LogP) is 4.34. The Hall–Kier alpha value is -1.60. The standard InChI is InChI=1S/C18H21BrN4OS/c1-2-23-17(24)15-13-14(19)7-8-16(15)21-18(23)25-12-5-3-4-10-22-11-6-9-20-22/h6-9,11,13H,2-5,10,12H2,1H3. The molecule has 0 aliphatic heterocycles. The van der Waals surface area contributed by atoms with E-state index in [1.165, 1.54) is 0 Å². The highest BCUT2D eigenvalue weighted by Crippen LogP contribution is 2.21. The Balaban J connectivity index is 1.61. The molecule has 0 N–H and O–H groups in total. The summed E-state index contributed by atoms with van der Waals surface area (Å²) < 4.78 is 4.63. The molecule has 3 aromatic rings. The van der Waals surface area contributed by atoms with E-state index in [9.17, 15) is 4.79 Å². The highest BCUT2D eigenvalue weighted by Gasteiger charge is 2.10. The Morgan fingerprint density at radius 3 is 2.88 bits per heavy atom. The maximum absolute atomic E-state index is 12.7. The van der Waals surface area contributed by atoms with E-state index < -0.39 is 0 Å². The van der Waals surface area contributed by atoms with E-state index in [0.29, 0.717) is 11.9 Å². The zero-order chi connectivity index (χ0) is 17.6. The Morgan fingerprint density at radius 2 is 2.12 bits per heavy atom. The number of rotatable bonds is 8. The van der Waals surface area contributed by atoms with E-state index in [-0.39, 0.29) is 5.56 Å². The highest BCUT2D eigenvalue weighted by molar-refractivity contribution is 9.10. The molecule has 0 saturated carbocycles.